The number of carbonyl (C=O) groups is 2. The van der Waals surface area contributed by atoms with Crippen molar-refractivity contribution < 1.29 is 14.3 Å². The van der Waals surface area contributed by atoms with Gasteiger partial charge in [-0.25, -0.2) is 0 Å². The molecule has 0 aromatic heterocycles. The fourth-order valence-electron chi connectivity index (χ4n) is 4.65. The van der Waals surface area contributed by atoms with Gasteiger partial charge in [0.2, 0.25) is 0 Å². The van der Waals surface area contributed by atoms with E-state index in [-0.39, 0.29) is 12.5 Å². The Morgan fingerprint density at radius 3 is 2.51 bits per heavy atom. The van der Waals surface area contributed by atoms with Crippen LogP contribution in [0, 0.1) is 0 Å². The van der Waals surface area contributed by atoms with E-state index < -0.39 is 11.5 Å². The lowest BCUT2D eigenvalue weighted by molar-refractivity contribution is -0.150. The van der Waals surface area contributed by atoms with E-state index in [1.165, 1.54) is 5.56 Å². The Labute approximate surface area is 225 Å². The molecule has 3 aromatic carbocycles. The summed E-state index contributed by atoms with van der Waals surface area (Å²) in [6.45, 7) is 2.96. The first-order valence-electron chi connectivity index (χ1n) is 12.6. The van der Waals surface area contributed by atoms with Crippen LogP contribution >= 0.6 is 12.8 Å². The molecule has 1 heterocycles. The number of benzene rings is 3. The molecular weight excluding hydrogens is 482 g/mol. The van der Waals surface area contributed by atoms with E-state index >= 15 is 0 Å². The molecule has 3 aromatic rings. The van der Waals surface area contributed by atoms with Crippen molar-refractivity contribution >= 4 is 30.4 Å². The summed E-state index contributed by atoms with van der Waals surface area (Å²) in [7, 11) is 1.80. The number of hydrogen-bond donors (Lipinski definition) is 2. The highest BCUT2D eigenvalue weighted by atomic mass is 32.1. The highest BCUT2D eigenvalue weighted by Gasteiger charge is 2.31. The van der Waals surface area contributed by atoms with Crippen LogP contribution in [0.15, 0.2) is 72.8 Å². The molecule has 194 valence electrons. The van der Waals surface area contributed by atoms with Gasteiger partial charge in [-0.05, 0) is 66.6 Å². The average molecular weight is 518 g/mol. The van der Waals surface area contributed by atoms with Crippen molar-refractivity contribution in [3.8, 4) is 0 Å². The highest BCUT2D eigenvalue weighted by Crippen LogP contribution is 2.23. The van der Waals surface area contributed by atoms with E-state index in [1.807, 2.05) is 47.4 Å². The Hall–Kier alpha value is -3.29. The molecule has 0 fully saturated rings. The van der Waals surface area contributed by atoms with Crippen molar-refractivity contribution in [2.75, 3.05) is 24.4 Å². The number of esters is 1. The van der Waals surface area contributed by atoms with Crippen molar-refractivity contribution in [1.82, 2.24) is 4.90 Å². The van der Waals surface area contributed by atoms with Gasteiger partial charge in [0.15, 0.2) is 0 Å². The van der Waals surface area contributed by atoms with Crippen molar-refractivity contribution in [2.24, 2.45) is 5.73 Å². The lowest BCUT2D eigenvalue weighted by atomic mass is 9.92. The minimum Gasteiger partial charge on any atom is -0.459 e. The summed E-state index contributed by atoms with van der Waals surface area (Å²) in [5.74, 6) is -0.531. The van der Waals surface area contributed by atoms with Crippen molar-refractivity contribution in [2.45, 2.75) is 44.8 Å². The van der Waals surface area contributed by atoms with Crippen molar-refractivity contribution in [1.29, 1.82) is 0 Å². The first-order chi connectivity index (χ1) is 17.7. The second-order valence-corrected chi connectivity index (χ2v) is 10.6. The summed E-state index contributed by atoms with van der Waals surface area (Å²) >= 11 is 4.44. The van der Waals surface area contributed by atoms with E-state index in [0.717, 1.165) is 36.1 Å². The van der Waals surface area contributed by atoms with Gasteiger partial charge in [-0.15, -0.1) is 0 Å². The molecule has 0 saturated heterocycles. The number of nitrogens with two attached hydrogens (primary N) is 1. The van der Waals surface area contributed by atoms with Crippen molar-refractivity contribution in [3.63, 3.8) is 0 Å². The fraction of sp³-hybridized carbons (Fsp3) is 0.333. The van der Waals surface area contributed by atoms with Gasteiger partial charge in [0.05, 0.1) is 0 Å². The summed E-state index contributed by atoms with van der Waals surface area (Å²) < 4.78 is 7.29. The molecule has 1 atom stereocenters. The van der Waals surface area contributed by atoms with Gasteiger partial charge in [0, 0.05) is 37.8 Å². The van der Waals surface area contributed by atoms with Gasteiger partial charge in [0.1, 0.15) is 12.1 Å². The average Bonchev–Trinajstić information content (AvgIpc) is 2.88. The largest absolute Gasteiger partial charge is 0.459 e. The van der Waals surface area contributed by atoms with Gasteiger partial charge in [-0.1, -0.05) is 67.4 Å². The molecular formula is C30H35N3O3S. The molecule has 1 amide bonds. The number of anilines is 1. The molecule has 1 aliphatic heterocycles. The van der Waals surface area contributed by atoms with Crippen LogP contribution in [0.1, 0.15) is 46.0 Å². The topological polar surface area (TPSA) is 75.9 Å². The Bertz CT molecular complexity index is 1240. The first kappa shape index (κ1) is 26.8. The predicted octanol–water partition coefficient (Wildman–Crippen LogP) is 4.60. The maximum atomic E-state index is 13.8. The molecule has 1 aliphatic rings. The minimum atomic E-state index is -1.17. The number of aryl methyl sites for hydroxylation is 1. The summed E-state index contributed by atoms with van der Waals surface area (Å²) in [5.41, 5.74) is 10.6. The van der Waals surface area contributed by atoms with Crippen LogP contribution in [0.5, 0.6) is 0 Å². The molecule has 7 heteroatoms. The van der Waals surface area contributed by atoms with Crippen LogP contribution in [0.2, 0.25) is 0 Å². The predicted molar refractivity (Wildman–Crippen MR) is 151 cm³/mol. The number of nitrogens with zero attached hydrogens (tertiary/aromatic N) is 2. The third-order valence-electron chi connectivity index (χ3n) is 6.69. The molecule has 0 spiro atoms. The van der Waals surface area contributed by atoms with Crippen LogP contribution in [0.3, 0.4) is 0 Å². The van der Waals surface area contributed by atoms with Crippen molar-refractivity contribution in [3.05, 3.63) is 101 Å². The van der Waals surface area contributed by atoms with E-state index in [1.54, 1.807) is 24.3 Å². The first-order valence-corrected chi connectivity index (χ1v) is 13.0. The van der Waals surface area contributed by atoms with E-state index in [0.29, 0.717) is 30.6 Å². The lowest BCUT2D eigenvalue weighted by Gasteiger charge is -2.26. The number of hydrogen-bond acceptors (Lipinski definition) is 6. The van der Waals surface area contributed by atoms with Crippen LogP contribution in [0.25, 0.3) is 0 Å². The molecule has 0 radical (unpaired) electrons. The smallest absolute Gasteiger partial charge is 0.326 e. The van der Waals surface area contributed by atoms with Crippen LogP contribution < -0.4 is 10.0 Å². The minimum absolute atomic E-state index is 0.0193. The Kier molecular flexibility index (Phi) is 8.56. The molecule has 4 rings (SSSR count). The third-order valence-corrected chi connectivity index (χ3v) is 6.92. The van der Waals surface area contributed by atoms with Crippen LogP contribution in [-0.2, 0) is 35.4 Å². The zero-order chi connectivity index (χ0) is 26.4. The SMILES string of the molecule is CN(S)c1cc2cc(c1)C(=O)N(CCc1ccccc1)CCCc1cccc(c1)CC(C)(N)C(=O)OC2. The Morgan fingerprint density at radius 1 is 1.00 bits per heavy atom. The lowest BCUT2D eigenvalue weighted by Crippen LogP contribution is -2.48. The van der Waals surface area contributed by atoms with Gasteiger partial charge < -0.3 is 19.7 Å². The third kappa shape index (κ3) is 7.14. The Balaban J connectivity index is 1.67. The van der Waals surface area contributed by atoms with Gasteiger partial charge in [0.25, 0.3) is 5.91 Å². The van der Waals surface area contributed by atoms with E-state index in [9.17, 15) is 9.59 Å². The number of fused-ring (bicyclic) bond motifs is 4. The van der Waals surface area contributed by atoms with E-state index in [4.69, 9.17) is 10.5 Å². The number of ether oxygens (including phenoxy) is 1. The van der Waals surface area contributed by atoms with Crippen LogP contribution in [0.4, 0.5) is 5.69 Å². The molecule has 2 N–H and O–H groups in total. The molecule has 1 unspecified atom stereocenters. The van der Waals surface area contributed by atoms with Gasteiger partial charge in [-0.2, -0.15) is 0 Å². The monoisotopic (exact) mass is 517 g/mol. The quantitative estimate of drug-likeness (QED) is 0.391. The molecule has 0 saturated carbocycles. The second kappa shape index (κ2) is 11.8. The van der Waals surface area contributed by atoms with Crippen LogP contribution in [-0.4, -0.2) is 42.5 Å². The fourth-order valence-corrected chi connectivity index (χ4v) is 4.77. The number of cyclic esters (lactones) is 1. The number of rotatable bonds is 4. The molecule has 4 bridgehead atoms. The number of thiol groups is 1. The maximum absolute atomic E-state index is 13.8. The molecule has 6 nitrogen and oxygen atoms in total. The number of carbonyl (C=O) groups excluding carboxylic acids is 2. The summed E-state index contributed by atoms with van der Waals surface area (Å²) in [4.78, 5) is 28.6. The summed E-state index contributed by atoms with van der Waals surface area (Å²) in [6, 6.07) is 23.8. The highest BCUT2D eigenvalue weighted by molar-refractivity contribution is 7.81. The van der Waals surface area contributed by atoms with Gasteiger partial charge in [-0.3, -0.25) is 9.59 Å². The maximum Gasteiger partial charge on any atom is 0.326 e. The summed E-state index contributed by atoms with van der Waals surface area (Å²) in [6.07, 6.45) is 2.80. The second-order valence-electron chi connectivity index (χ2n) is 10.0. The van der Waals surface area contributed by atoms with Gasteiger partial charge >= 0.3 is 5.97 Å². The molecule has 37 heavy (non-hydrogen) atoms. The van der Waals surface area contributed by atoms with E-state index in [2.05, 4.69) is 37.1 Å². The zero-order valence-corrected chi connectivity index (χ0v) is 22.4. The Morgan fingerprint density at radius 2 is 1.76 bits per heavy atom. The molecule has 0 aliphatic carbocycles. The zero-order valence-electron chi connectivity index (χ0n) is 21.5. The normalized spacial score (nSPS) is 18.9. The summed E-state index contributed by atoms with van der Waals surface area (Å²) in [5, 5.41) is 0. The standard InChI is InChI=1S/C30H35N3O3S/c1-30(31)20-24-11-6-10-23(16-24)12-7-14-33(15-13-22-8-4-3-5-9-22)28(34)26-17-25(21-36-29(30)35)18-27(19-26)32(2)37/h3-6,8-11,16-19,37H,7,12-15,20-21,31H2,1-2H3. The number of amides is 1.